The zero-order valence-electron chi connectivity index (χ0n) is 40.3. The van der Waals surface area contributed by atoms with E-state index in [9.17, 15) is 105 Å². The van der Waals surface area contributed by atoms with Crippen molar-refractivity contribution in [1.29, 1.82) is 5.26 Å². The van der Waals surface area contributed by atoms with Gasteiger partial charge >= 0.3 is 49.4 Å². The summed E-state index contributed by atoms with van der Waals surface area (Å²) in [4.78, 5) is 0. The molecule has 0 saturated carbocycles. The van der Waals surface area contributed by atoms with Crippen LogP contribution in [-0.2, 0) is 62.4 Å². The summed E-state index contributed by atoms with van der Waals surface area (Å²) >= 11 is 1.85. The number of aromatic nitrogens is 1. The normalized spacial score (nSPS) is 13.2. The molecule has 1 aromatic heterocycles. The van der Waals surface area contributed by atoms with Crippen molar-refractivity contribution >= 4 is 49.6 Å². The smallest absolute Gasteiger partial charge is 0.194 e. The molecule has 0 aliphatic carbocycles. The van der Waals surface area contributed by atoms with Gasteiger partial charge < -0.3 is 0 Å². The van der Waals surface area contributed by atoms with E-state index < -0.39 is 195 Å². The van der Waals surface area contributed by atoms with Crippen molar-refractivity contribution in [2.24, 2.45) is 0 Å². The number of fused-ring (bicyclic) bond motifs is 1. The second-order valence-corrected chi connectivity index (χ2v) is 19.4. The van der Waals surface area contributed by atoms with Crippen LogP contribution in [0.15, 0.2) is 152 Å². The molecule has 1 heterocycles. The van der Waals surface area contributed by atoms with E-state index in [1.54, 1.807) is 0 Å². The highest BCUT2D eigenvalue weighted by atomic mass is 32.1. The first kappa shape index (κ1) is 61.9. The highest BCUT2D eigenvalue weighted by Crippen LogP contribution is 2.42. The number of para-hydroxylation sites is 1. The number of nitriles is 1. The summed E-state index contributed by atoms with van der Waals surface area (Å²) in [6, 6.07) is 20.4. The zero-order chi connectivity index (χ0) is 61.0. The Bertz CT molecular complexity index is 3210. The molecule has 8 aromatic rings. The average Bonchev–Trinajstić information content (AvgIpc) is 3.83. The lowest BCUT2D eigenvalue weighted by atomic mass is 9.12. The Kier molecular flexibility index (Phi) is 16.5. The number of thiazole rings is 1. The Labute approximate surface area is 450 Å². The molecule has 0 radical (unpaired) electrons. The Morgan fingerprint density at radius 3 is 0.939 bits per heavy atom. The summed E-state index contributed by atoms with van der Waals surface area (Å²) in [7, 11) is 0. The third kappa shape index (κ3) is 13.8. The van der Waals surface area contributed by atoms with E-state index in [1.165, 1.54) is 26.4 Å². The van der Waals surface area contributed by atoms with Gasteiger partial charge in [0.25, 0.3) is 0 Å². The quantitative estimate of drug-likeness (QED) is 0.0846. The maximum Gasteiger partial charge on any atom is 0.416 e. The van der Waals surface area contributed by atoms with Crippen LogP contribution in [0.5, 0.6) is 0 Å². The number of hydrogen-bond donors (Lipinski definition) is 0. The lowest BCUT2D eigenvalue weighted by Crippen LogP contribution is -2.75. The molecule has 0 unspecified atom stereocenters. The van der Waals surface area contributed by atoms with E-state index in [1.807, 2.05) is 23.5 Å². The molecule has 82 heavy (non-hydrogen) atoms. The molecule has 0 atom stereocenters. The van der Waals surface area contributed by atoms with Crippen molar-refractivity contribution in [2.75, 3.05) is 0 Å². The highest BCUT2D eigenvalue weighted by Gasteiger charge is 2.47. The van der Waals surface area contributed by atoms with Gasteiger partial charge in [-0.05, 0) is 48.0 Å². The van der Waals surface area contributed by atoms with Crippen molar-refractivity contribution in [2.45, 2.75) is 62.4 Å². The SMILES string of the molecule is FC(F)(F)c1cc([B-](c2cc(C(F)(F)F)cc(C(F)(F)F)c2)(c2cc(C(F)(F)F)cc(C(F)(F)F)c2)c2cc(C(F)(F)F)cc(C(F)(F)F)c2)cc(C(F)(F)F)c1.N#Cc1ccc(Cc2sc3ccccc3[n+]2Cc2ccccc2)cc1. The largest absolute Gasteiger partial charge is 0.416 e. The summed E-state index contributed by atoms with van der Waals surface area (Å²) in [6.45, 7) is 0.871. The van der Waals surface area contributed by atoms with Gasteiger partial charge in [-0.1, -0.05) is 114 Å². The molecule has 8 rings (SSSR count). The molecule has 2 nitrogen and oxygen atoms in total. The molecule has 0 aliphatic heterocycles. The zero-order valence-corrected chi connectivity index (χ0v) is 41.1. The first-order valence-electron chi connectivity index (χ1n) is 22.9. The molecule has 0 saturated heterocycles. The fraction of sp³-hybridized carbons (Fsp3) is 0.185. The van der Waals surface area contributed by atoms with Crippen molar-refractivity contribution in [1.82, 2.24) is 0 Å². The molecular formula is C54H29BF24N2S. The Balaban J connectivity index is 0.000000318. The van der Waals surface area contributed by atoms with Crippen LogP contribution in [-0.4, -0.2) is 6.15 Å². The van der Waals surface area contributed by atoms with Crippen LogP contribution in [0.25, 0.3) is 10.2 Å². The van der Waals surface area contributed by atoms with E-state index >= 15 is 0 Å². The van der Waals surface area contributed by atoms with Crippen LogP contribution < -0.4 is 26.4 Å². The van der Waals surface area contributed by atoms with Crippen molar-refractivity contribution in [3.63, 3.8) is 0 Å². The van der Waals surface area contributed by atoms with Gasteiger partial charge in [-0.15, -0.1) is 0 Å². The summed E-state index contributed by atoms with van der Waals surface area (Å²) in [5.41, 5.74) is -25.7. The van der Waals surface area contributed by atoms with Crippen LogP contribution in [0.4, 0.5) is 105 Å². The minimum absolute atomic E-state index is 0.691. The summed E-state index contributed by atoms with van der Waals surface area (Å²) < 4.78 is 345. The molecule has 0 aliphatic rings. The molecule has 0 bridgehead atoms. The molecule has 432 valence electrons. The number of rotatable bonds is 8. The molecule has 0 amide bonds. The van der Waals surface area contributed by atoms with Crippen molar-refractivity contribution in [3.05, 3.63) is 218 Å². The predicted octanol–water partition coefficient (Wildman–Crippen LogP) is 15.9. The average molecular weight is 1200 g/mol. The summed E-state index contributed by atoms with van der Waals surface area (Å²) in [5, 5.41) is 10.3. The third-order valence-corrected chi connectivity index (χ3v) is 13.9. The van der Waals surface area contributed by atoms with Gasteiger partial charge in [-0.25, -0.2) is 0 Å². The number of hydrogen-bond acceptors (Lipinski definition) is 2. The number of benzene rings is 7. The molecular weight excluding hydrogens is 1180 g/mol. The van der Waals surface area contributed by atoms with Crippen LogP contribution >= 0.6 is 11.3 Å². The van der Waals surface area contributed by atoms with Crippen LogP contribution in [0, 0.1) is 11.3 Å². The minimum Gasteiger partial charge on any atom is -0.194 e. The van der Waals surface area contributed by atoms with Crippen LogP contribution in [0.1, 0.15) is 66.2 Å². The van der Waals surface area contributed by atoms with Gasteiger partial charge in [0.1, 0.15) is 10.8 Å². The topological polar surface area (TPSA) is 27.7 Å². The lowest BCUT2D eigenvalue weighted by Gasteiger charge is -2.46. The highest BCUT2D eigenvalue weighted by molar-refractivity contribution is 7.20. The van der Waals surface area contributed by atoms with Gasteiger partial charge in [0.15, 0.2) is 6.54 Å². The van der Waals surface area contributed by atoms with Gasteiger partial charge in [-0.3, -0.25) is 0 Å². The first-order chi connectivity index (χ1) is 37.6. The first-order valence-corrected chi connectivity index (χ1v) is 23.7. The van der Waals surface area contributed by atoms with Crippen LogP contribution in [0.3, 0.4) is 0 Å². The van der Waals surface area contributed by atoms with Gasteiger partial charge in [-0.2, -0.15) is 137 Å². The number of halogens is 24. The molecule has 0 N–H and O–H groups in total. The van der Waals surface area contributed by atoms with E-state index in [0.29, 0.717) is 5.56 Å². The third-order valence-electron chi connectivity index (χ3n) is 12.7. The standard InChI is InChI=1S/C32H12BF24.C22H17N2S/c34-25(35,36)13-1-14(26(37,38)39)6-21(5-13)33(22-7-15(27(40,41)42)2-16(8-22)28(43,44)45,23-9-17(29(46,47)48)3-18(10-23)30(49,50)51)24-11-19(31(52,53)54)4-20(12-24)32(55,56)57;23-15-18-12-10-17(11-13-18)14-22-24(16-19-6-2-1-3-7-19)20-8-4-5-9-21(20)25-22/h1-12H;1-13H,14,16H2/q-1;+1. The number of alkyl halides is 24. The molecule has 0 fully saturated rings. The molecule has 0 spiro atoms. The number of nitrogens with zero attached hydrogens (tertiary/aromatic N) is 2. The monoisotopic (exact) mass is 1200 g/mol. The maximum atomic E-state index is 14.2. The van der Waals surface area contributed by atoms with Crippen molar-refractivity contribution < 1.29 is 110 Å². The van der Waals surface area contributed by atoms with Crippen molar-refractivity contribution in [3.8, 4) is 6.07 Å². The van der Waals surface area contributed by atoms with E-state index in [2.05, 4.69) is 77.4 Å². The van der Waals surface area contributed by atoms with Gasteiger partial charge in [0, 0.05) is 11.6 Å². The summed E-state index contributed by atoms with van der Waals surface area (Å²) in [5.74, 6) is 0. The molecule has 28 heteroatoms. The van der Waals surface area contributed by atoms with Gasteiger partial charge in [0.2, 0.25) is 10.5 Å². The van der Waals surface area contributed by atoms with E-state index in [-0.39, 0.29) is 0 Å². The second-order valence-electron chi connectivity index (χ2n) is 18.2. The fourth-order valence-electron chi connectivity index (χ4n) is 9.10. The molecule has 7 aromatic carbocycles. The van der Waals surface area contributed by atoms with Gasteiger partial charge in [0.05, 0.1) is 62.6 Å². The lowest BCUT2D eigenvalue weighted by molar-refractivity contribution is -0.665. The minimum atomic E-state index is -6.13. The fourth-order valence-corrected chi connectivity index (χ4v) is 10.3. The maximum absolute atomic E-state index is 14.2. The van der Waals surface area contributed by atoms with E-state index in [0.717, 1.165) is 13.0 Å². The Hall–Kier alpha value is -7.70. The Morgan fingerprint density at radius 1 is 0.354 bits per heavy atom. The van der Waals surface area contributed by atoms with Crippen LogP contribution in [0.2, 0.25) is 0 Å². The van der Waals surface area contributed by atoms with E-state index in [4.69, 9.17) is 5.26 Å². The predicted molar refractivity (Wildman–Crippen MR) is 252 cm³/mol. The Morgan fingerprint density at radius 2 is 0.646 bits per heavy atom. The summed E-state index contributed by atoms with van der Waals surface area (Å²) in [6.07, 6.45) is -53.9. The second kappa shape index (κ2) is 21.9.